The smallest absolute Gasteiger partial charge is 0.240 e. The van der Waals surface area contributed by atoms with Gasteiger partial charge in [0, 0.05) is 6.42 Å². The van der Waals surface area contributed by atoms with E-state index in [0.717, 1.165) is 18.4 Å². The molecule has 1 N–H and O–H groups in total. The first kappa shape index (κ1) is 21.0. The quantitative estimate of drug-likeness (QED) is 0.274. The number of nitrogens with zero attached hydrogens (tertiary/aromatic N) is 1. The first-order valence-electron chi connectivity index (χ1n) is 8.83. The molecule has 0 unspecified atom stereocenters. The Kier molecular flexibility index (Phi) is 10.8. The average molecular weight is 371 g/mol. The fourth-order valence-corrected chi connectivity index (χ4v) is 2.71. The minimum Gasteiger partial charge on any atom is -0.273 e. The minimum absolute atomic E-state index is 0.0413. The van der Waals surface area contributed by atoms with Gasteiger partial charge in [-0.25, -0.2) is 5.43 Å². The molecule has 24 heavy (non-hydrogen) atoms. The van der Waals surface area contributed by atoms with Gasteiger partial charge in [0.25, 0.3) is 0 Å². The first-order valence-corrected chi connectivity index (χ1v) is 9.58. The Morgan fingerprint density at radius 3 is 2.25 bits per heavy atom. The van der Waals surface area contributed by atoms with Gasteiger partial charge in [-0.3, -0.25) is 4.79 Å². The van der Waals surface area contributed by atoms with Crippen LogP contribution in [-0.4, -0.2) is 11.6 Å². The van der Waals surface area contributed by atoms with E-state index < -0.39 is 0 Å². The zero-order valence-electron chi connectivity index (χ0n) is 14.7. The molecule has 5 heteroatoms. The van der Waals surface area contributed by atoms with E-state index in [-0.39, 0.29) is 5.91 Å². The Hall–Kier alpha value is -1.06. The highest BCUT2D eigenvalue weighted by Crippen LogP contribution is 2.22. The van der Waals surface area contributed by atoms with E-state index >= 15 is 0 Å². The summed E-state index contributed by atoms with van der Waals surface area (Å²) in [5.74, 6) is -0.0413. The molecule has 0 fully saturated rings. The van der Waals surface area contributed by atoms with E-state index in [9.17, 15) is 4.79 Å². The third-order valence-corrected chi connectivity index (χ3v) is 4.68. The van der Waals surface area contributed by atoms with E-state index in [0.29, 0.717) is 22.2 Å². The first-order chi connectivity index (χ1) is 11.5. The maximum absolute atomic E-state index is 11.8. The van der Waals surface area contributed by atoms with Crippen LogP contribution in [0.25, 0.3) is 0 Å². The molecule has 1 amide bonds. The lowest BCUT2D eigenvalue weighted by Crippen LogP contribution is -2.18. The molecule has 0 saturated heterocycles. The summed E-state index contributed by atoms with van der Waals surface area (Å²) in [5, 5.41) is 5.12. The Bertz CT molecular complexity index is 544. The van der Waals surface area contributed by atoms with Crippen molar-refractivity contribution in [3.8, 4) is 0 Å². The fraction of sp³-hybridized carbons (Fsp3) is 0.579. The minimum atomic E-state index is -0.0413. The van der Waals surface area contributed by atoms with Crippen molar-refractivity contribution in [1.82, 2.24) is 5.43 Å². The Morgan fingerprint density at radius 1 is 1.00 bits per heavy atom. The number of hydrogen-bond acceptors (Lipinski definition) is 2. The molecule has 0 bridgehead atoms. The van der Waals surface area contributed by atoms with Crippen molar-refractivity contribution in [1.29, 1.82) is 0 Å². The number of rotatable bonds is 11. The van der Waals surface area contributed by atoms with Gasteiger partial charge in [0.2, 0.25) is 5.91 Å². The van der Waals surface area contributed by atoms with Crippen LogP contribution in [0.1, 0.15) is 77.2 Å². The summed E-state index contributed by atoms with van der Waals surface area (Å²) >= 11 is 11.9. The van der Waals surface area contributed by atoms with Crippen LogP contribution in [0.5, 0.6) is 0 Å². The van der Waals surface area contributed by atoms with Crippen LogP contribution in [0.4, 0.5) is 0 Å². The number of carbonyl (C=O) groups excluding carboxylic acids is 1. The summed E-state index contributed by atoms with van der Waals surface area (Å²) in [6.07, 6.45) is 10.3. The van der Waals surface area contributed by atoms with Crippen LogP contribution in [0, 0.1) is 0 Å². The van der Waals surface area contributed by atoms with Crippen LogP contribution < -0.4 is 5.43 Å². The zero-order chi connectivity index (χ0) is 17.8. The third-order valence-electron chi connectivity index (χ3n) is 3.94. The second-order valence-corrected chi connectivity index (χ2v) is 6.90. The van der Waals surface area contributed by atoms with Crippen molar-refractivity contribution in [2.24, 2.45) is 5.10 Å². The van der Waals surface area contributed by atoms with Gasteiger partial charge in [-0.15, -0.1) is 0 Å². The van der Waals surface area contributed by atoms with Gasteiger partial charge >= 0.3 is 0 Å². The van der Waals surface area contributed by atoms with Crippen LogP contribution in [-0.2, 0) is 4.79 Å². The molecule has 1 rings (SSSR count). The molecule has 0 aliphatic carbocycles. The van der Waals surface area contributed by atoms with Crippen molar-refractivity contribution in [2.75, 3.05) is 0 Å². The van der Waals surface area contributed by atoms with Crippen molar-refractivity contribution >= 4 is 34.8 Å². The Morgan fingerprint density at radius 2 is 1.62 bits per heavy atom. The molecular formula is C19H28Cl2N2O. The van der Waals surface area contributed by atoms with E-state index in [4.69, 9.17) is 23.2 Å². The summed E-state index contributed by atoms with van der Waals surface area (Å²) in [5.41, 5.74) is 4.16. The zero-order valence-corrected chi connectivity index (χ0v) is 16.2. The molecule has 134 valence electrons. The van der Waals surface area contributed by atoms with E-state index in [1.807, 2.05) is 13.0 Å². The number of nitrogens with one attached hydrogen (secondary N) is 1. The van der Waals surface area contributed by atoms with Gasteiger partial charge in [0.15, 0.2) is 0 Å². The highest BCUT2D eigenvalue weighted by molar-refractivity contribution is 6.42. The highest BCUT2D eigenvalue weighted by atomic mass is 35.5. The summed E-state index contributed by atoms with van der Waals surface area (Å²) in [6, 6.07) is 5.30. The number of hydrogen-bond donors (Lipinski definition) is 1. The molecular weight excluding hydrogens is 343 g/mol. The van der Waals surface area contributed by atoms with Crippen molar-refractivity contribution in [3.05, 3.63) is 33.8 Å². The maximum Gasteiger partial charge on any atom is 0.240 e. The molecule has 0 radical (unpaired) electrons. The normalized spacial score (nSPS) is 11.6. The molecule has 0 spiro atoms. The Labute approximate surface area is 155 Å². The molecule has 0 aliphatic rings. The van der Waals surface area contributed by atoms with Crippen LogP contribution in [0.3, 0.4) is 0 Å². The number of halogens is 2. The fourth-order valence-electron chi connectivity index (χ4n) is 2.41. The van der Waals surface area contributed by atoms with Gasteiger partial charge in [-0.2, -0.15) is 5.10 Å². The SMILES string of the molecule is CCCCCCCCCCC(=O)NN=C(C)c1ccc(Cl)c(Cl)c1. The second-order valence-electron chi connectivity index (χ2n) is 6.09. The molecule has 1 aromatic carbocycles. The van der Waals surface area contributed by atoms with Crippen molar-refractivity contribution < 1.29 is 4.79 Å². The van der Waals surface area contributed by atoms with Gasteiger partial charge in [-0.05, 0) is 31.0 Å². The third kappa shape index (κ3) is 8.70. The monoisotopic (exact) mass is 370 g/mol. The van der Waals surface area contributed by atoms with E-state index in [1.54, 1.807) is 12.1 Å². The lowest BCUT2D eigenvalue weighted by molar-refractivity contribution is -0.121. The summed E-state index contributed by atoms with van der Waals surface area (Å²) in [7, 11) is 0. The molecule has 0 aromatic heterocycles. The second kappa shape index (κ2) is 12.3. The number of carbonyl (C=O) groups is 1. The summed E-state index contributed by atoms with van der Waals surface area (Å²) < 4.78 is 0. The maximum atomic E-state index is 11.8. The van der Waals surface area contributed by atoms with Crippen molar-refractivity contribution in [2.45, 2.75) is 71.6 Å². The molecule has 0 saturated carbocycles. The van der Waals surface area contributed by atoms with Gasteiger partial charge in [0.1, 0.15) is 0 Å². The summed E-state index contributed by atoms with van der Waals surface area (Å²) in [6.45, 7) is 4.06. The highest BCUT2D eigenvalue weighted by Gasteiger charge is 2.04. The van der Waals surface area contributed by atoms with Gasteiger partial charge in [0.05, 0.1) is 15.8 Å². The number of unbranched alkanes of at least 4 members (excludes halogenated alkanes) is 7. The van der Waals surface area contributed by atoms with Crippen LogP contribution in [0.15, 0.2) is 23.3 Å². The van der Waals surface area contributed by atoms with Crippen LogP contribution in [0.2, 0.25) is 10.0 Å². The van der Waals surface area contributed by atoms with Gasteiger partial charge < -0.3 is 0 Å². The van der Waals surface area contributed by atoms with Crippen molar-refractivity contribution in [3.63, 3.8) is 0 Å². The number of amides is 1. The molecule has 1 aromatic rings. The van der Waals surface area contributed by atoms with E-state index in [2.05, 4.69) is 17.5 Å². The lowest BCUT2D eigenvalue weighted by atomic mass is 10.1. The molecule has 0 heterocycles. The summed E-state index contributed by atoms with van der Waals surface area (Å²) in [4.78, 5) is 11.8. The molecule has 0 atom stereocenters. The predicted molar refractivity (Wildman–Crippen MR) is 104 cm³/mol. The van der Waals surface area contributed by atoms with Crippen LogP contribution >= 0.6 is 23.2 Å². The van der Waals surface area contributed by atoms with Gasteiger partial charge in [-0.1, -0.05) is 81.1 Å². The number of benzene rings is 1. The predicted octanol–water partition coefficient (Wildman–Crippen LogP) is 6.36. The van der Waals surface area contributed by atoms with E-state index in [1.165, 1.54) is 38.5 Å². The topological polar surface area (TPSA) is 41.5 Å². The standard InChI is InChI=1S/C19H28Cl2N2O/c1-3-4-5-6-7-8-9-10-11-19(24)23-22-15(2)16-12-13-17(20)18(21)14-16/h12-14H,3-11H2,1-2H3,(H,23,24). The molecule has 0 aliphatic heterocycles. The Balaban J connectivity index is 2.21. The average Bonchev–Trinajstić information content (AvgIpc) is 2.57. The largest absolute Gasteiger partial charge is 0.273 e. The lowest BCUT2D eigenvalue weighted by Gasteiger charge is -2.05. The molecule has 3 nitrogen and oxygen atoms in total. The number of hydrazone groups is 1.